The Morgan fingerprint density at radius 2 is 2.16 bits per heavy atom. The maximum absolute atomic E-state index is 13.1. The van der Waals surface area contributed by atoms with Crippen LogP contribution in [0, 0.1) is 17.1 Å². The van der Waals surface area contributed by atoms with Gasteiger partial charge in [-0.1, -0.05) is 0 Å². The van der Waals surface area contributed by atoms with Crippen molar-refractivity contribution < 1.29 is 13.9 Å². The number of nitriles is 1. The molecule has 1 aromatic carbocycles. The van der Waals surface area contributed by atoms with Gasteiger partial charge >= 0.3 is 5.97 Å². The van der Waals surface area contributed by atoms with Gasteiger partial charge in [-0.2, -0.15) is 5.26 Å². The van der Waals surface area contributed by atoms with Crippen molar-refractivity contribution in [2.75, 3.05) is 5.75 Å². The summed E-state index contributed by atoms with van der Waals surface area (Å²) in [5.74, 6) is -0.113. The van der Waals surface area contributed by atoms with Crippen LogP contribution in [-0.4, -0.2) is 17.3 Å². The molecule has 0 saturated carbocycles. The lowest BCUT2D eigenvalue weighted by Gasteiger charge is -2.19. The number of thioether (sulfide) groups is 1. The van der Waals surface area contributed by atoms with Crippen LogP contribution in [0.5, 0.6) is 0 Å². The van der Waals surface area contributed by atoms with Crippen molar-refractivity contribution in [2.45, 2.75) is 32.1 Å². The van der Waals surface area contributed by atoms with Gasteiger partial charge in [-0.25, -0.2) is 4.39 Å². The van der Waals surface area contributed by atoms with Crippen LogP contribution < -0.4 is 0 Å². The molecule has 0 spiro atoms. The third-order valence-electron chi connectivity index (χ3n) is 2.09. The molecule has 0 saturated heterocycles. The quantitative estimate of drug-likeness (QED) is 0.795. The summed E-state index contributed by atoms with van der Waals surface area (Å²) in [6, 6.07) is 6.02. The molecule has 0 unspecified atom stereocenters. The minimum Gasteiger partial charge on any atom is -0.459 e. The van der Waals surface area contributed by atoms with Crippen molar-refractivity contribution >= 4 is 17.7 Å². The lowest BCUT2D eigenvalue weighted by Crippen LogP contribution is -2.24. The van der Waals surface area contributed by atoms with Gasteiger partial charge in [0.05, 0.1) is 17.4 Å². The van der Waals surface area contributed by atoms with Gasteiger partial charge in [0.2, 0.25) is 0 Å². The van der Waals surface area contributed by atoms with E-state index in [1.54, 1.807) is 20.8 Å². The first kappa shape index (κ1) is 15.5. The number of rotatable bonds is 4. The van der Waals surface area contributed by atoms with E-state index in [0.717, 1.165) is 0 Å². The number of hydrogen-bond donors (Lipinski definition) is 0. The summed E-state index contributed by atoms with van der Waals surface area (Å²) >= 11 is 1.30. The summed E-state index contributed by atoms with van der Waals surface area (Å²) in [5, 5.41) is 8.90. The molecule has 1 aromatic rings. The molecule has 0 N–H and O–H groups in total. The maximum atomic E-state index is 13.1. The minimum absolute atomic E-state index is 0.179. The van der Waals surface area contributed by atoms with Crippen LogP contribution >= 0.6 is 11.8 Å². The van der Waals surface area contributed by atoms with Crippen LogP contribution in [0.15, 0.2) is 18.2 Å². The van der Waals surface area contributed by atoms with E-state index in [1.165, 1.54) is 30.0 Å². The zero-order chi connectivity index (χ0) is 14.5. The van der Waals surface area contributed by atoms with E-state index in [9.17, 15) is 9.18 Å². The molecule has 102 valence electrons. The Balaban J connectivity index is 2.52. The zero-order valence-corrected chi connectivity index (χ0v) is 12.0. The zero-order valence-electron chi connectivity index (χ0n) is 11.2. The van der Waals surface area contributed by atoms with Gasteiger partial charge in [0.25, 0.3) is 0 Å². The molecule has 0 amide bonds. The molecule has 0 aliphatic rings. The number of nitrogens with zero attached hydrogens (tertiary/aromatic N) is 1. The Labute approximate surface area is 116 Å². The Bertz CT molecular complexity index is 503. The molecule has 0 radical (unpaired) electrons. The first-order chi connectivity index (χ1) is 8.81. The number of ether oxygens (including phenoxy) is 1. The summed E-state index contributed by atoms with van der Waals surface area (Å²) < 4.78 is 18.2. The van der Waals surface area contributed by atoms with Gasteiger partial charge in [0.1, 0.15) is 11.4 Å². The van der Waals surface area contributed by atoms with Crippen LogP contribution in [0.25, 0.3) is 0 Å². The van der Waals surface area contributed by atoms with Gasteiger partial charge < -0.3 is 4.74 Å². The molecule has 0 aliphatic carbocycles. The number of carbonyl (C=O) groups is 1. The van der Waals surface area contributed by atoms with Crippen molar-refractivity contribution in [2.24, 2.45) is 0 Å². The van der Waals surface area contributed by atoms with Crippen LogP contribution in [0.4, 0.5) is 4.39 Å². The second kappa shape index (κ2) is 6.58. The fraction of sp³-hybridized carbons (Fsp3) is 0.429. The van der Waals surface area contributed by atoms with Crippen LogP contribution in [-0.2, 0) is 15.3 Å². The van der Waals surface area contributed by atoms with Gasteiger partial charge in [-0.3, -0.25) is 4.79 Å². The first-order valence-electron chi connectivity index (χ1n) is 5.80. The van der Waals surface area contributed by atoms with Crippen molar-refractivity contribution in [1.82, 2.24) is 0 Å². The fourth-order valence-electron chi connectivity index (χ4n) is 1.41. The largest absolute Gasteiger partial charge is 0.459 e. The summed E-state index contributed by atoms with van der Waals surface area (Å²) in [4.78, 5) is 11.5. The highest BCUT2D eigenvalue weighted by Gasteiger charge is 2.16. The highest BCUT2D eigenvalue weighted by molar-refractivity contribution is 7.99. The topological polar surface area (TPSA) is 50.1 Å². The van der Waals surface area contributed by atoms with Crippen LogP contribution in [0.3, 0.4) is 0 Å². The summed E-state index contributed by atoms with van der Waals surface area (Å²) in [7, 11) is 0. The third kappa shape index (κ3) is 5.75. The molecular weight excluding hydrogens is 265 g/mol. The molecule has 19 heavy (non-hydrogen) atoms. The minimum atomic E-state index is -0.506. The monoisotopic (exact) mass is 281 g/mol. The molecule has 5 heteroatoms. The molecule has 0 aromatic heterocycles. The molecule has 0 atom stereocenters. The highest BCUT2D eigenvalue weighted by atomic mass is 32.2. The number of hydrogen-bond acceptors (Lipinski definition) is 4. The summed E-state index contributed by atoms with van der Waals surface area (Å²) in [5.41, 5.74) is 0.517. The molecule has 3 nitrogen and oxygen atoms in total. The molecular formula is C14H16FNO2S. The molecule has 0 bridgehead atoms. The average molecular weight is 281 g/mol. The van der Waals surface area contributed by atoms with E-state index in [0.29, 0.717) is 16.9 Å². The van der Waals surface area contributed by atoms with Crippen LogP contribution in [0.1, 0.15) is 31.9 Å². The Morgan fingerprint density at radius 3 is 2.74 bits per heavy atom. The van der Waals surface area contributed by atoms with Gasteiger partial charge in [0, 0.05) is 5.75 Å². The van der Waals surface area contributed by atoms with Crippen molar-refractivity contribution in [3.05, 3.63) is 35.1 Å². The number of esters is 1. The van der Waals surface area contributed by atoms with Crippen LogP contribution in [0.2, 0.25) is 0 Å². The smallest absolute Gasteiger partial charge is 0.316 e. The standard InChI is InChI=1S/C14H16FNO2S/c1-14(2,3)18-13(17)9-19-8-11-6-12(15)5-4-10(11)7-16/h4-6H,8-9H2,1-3H3. The second-order valence-electron chi connectivity index (χ2n) is 4.99. The number of halogens is 1. The van der Waals surface area contributed by atoms with Crippen molar-refractivity contribution in [1.29, 1.82) is 5.26 Å². The molecule has 0 fully saturated rings. The second-order valence-corrected chi connectivity index (χ2v) is 5.98. The van der Waals surface area contributed by atoms with E-state index < -0.39 is 5.60 Å². The molecule has 0 heterocycles. The maximum Gasteiger partial charge on any atom is 0.316 e. The normalized spacial score (nSPS) is 10.9. The van der Waals surface area contributed by atoms with Gasteiger partial charge in [0.15, 0.2) is 0 Å². The van der Waals surface area contributed by atoms with E-state index in [1.807, 2.05) is 6.07 Å². The van der Waals surface area contributed by atoms with Gasteiger partial charge in [-0.15, -0.1) is 11.8 Å². The number of benzene rings is 1. The summed E-state index contributed by atoms with van der Waals surface area (Å²) in [6.45, 7) is 5.40. The van der Waals surface area contributed by atoms with E-state index >= 15 is 0 Å². The van der Waals surface area contributed by atoms with E-state index in [4.69, 9.17) is 10.00 Å². The van der Waals surface area contributed by atoms with E-state index in [2.05, 4.69) is 0 Å². The predicted octanol–water partition coefficient (Wildman–Crippen LogP) is 3.27. The Hall–Kier alpha value is -1.54. The molecule has 0 aliphatic heterocycles. The highest BCUT2D eigenvalue weighted by Crippen LogP contribution is 2.18. The fourth-order valence-corrected chi connectivity index (χ4v) is 2.19. The van der Waals surface area contributed by atoms with Gasteiger partial charge in [-0.05, 0) is 44.5 Å². The lowest BCUT2D eigenvalue weighted by molar-refractivity contribution is -0.151. The van der Waals surface area contributed by atoms with Crippen molar-refractivity contribution in [3.63, 3.8) is 0 Å². The van der Waals surface area contributed by atoms with E-state index in [-0.39, 0.29) is 17.5 Å². The predicted molar refractivity (Wildman–Crippen MR) is 73.1 cm³/mol. The van der Waals surface area contributed by atoms with Crippen molar-refractivity contribution in [3.8, 4) is 6.07 Å². The average Bonchev–Trinajstić information content (AvgIpc) is 2.27. The summed E-state index contributed by atoms with van der Waals surface area (Å²) in [6.07, 6.45) is 0. The Morgan fingerprint density at radius 1 is 1.47 bits per heavy atom. The first-order valence-corrected chi connectivity index (χ1v) is 6.95. The lowest BCUT2D eigenvalue weighted by atomic mass is 10.1. The number of carbonyl (C=O) groups excluding carboxylic acids is 1. The SMILES string of the molecule is CC(C)(C)OC(=O)CSCc1cc(F)ccc1C#N. The Kier molecular flexibility index (Phi) is 5.37. The molecule has 1 rings (SSSR count). The third-order valence-corrected chi connectivity index (χ3v) is 3.04.